The second-order valence-electron chi connectivity index (χ2n) is 13.6. The Morgan fingerprint density at radius 2 is 1.19 bits per heavy atom. The van der Waals surface area contributed by atoms with E-state index in [9.17, 15) is 0 Å². The van der Waals surface area contributed by atoms with Crippen molar-refractivity contribution in [1.29, 1.82) is 0 Å². The first-order valence-electron chi connectivity index (χ1n) is 18.1. The number of allylic oxidation sites excluding steroid dienone is 3. The number of para-hydroxylation sites is 1. The number of hydrogen-bond donors (Lipinski definition) is 0. The van der Waals surface area contributed by atoms with Crippen LogP contribution in [-0.4, -0.2) is 4.57 Å². The average molecular weight is 686 g/mol. The Bertz CT molecular complexity index is 2910. The normalized spacial score (nSPS) is 12.1. The highest BCUT2D eigenvalue weighted by Crippen LogP contribution is 2.41. The van der Waals surface area contributed by atoms with Gasteiger partial charge >= 0.3 is 0 Å². The average Bonchev–Trinajstić information content (AvgIpc) is 3.68. The zero-order valence-electron chi connectivity index (χ0n) is 29.8. The van der Waals surface area contributed by atoms with Crippen LogP contribution in [0.25, 0.3) is 93.4 Å². The summed E-state index contributed by atoms with van der Waals surface area (Å²) < 4.78 is 3.74. The number of thiophene rings is 1. The maximum absolute atomic E-state index is 3.88. The Labute approximate surface area is 309 Å². The highest BCUT2D eigenvalue weighted by molar-refractivity contribution is 7.19. The monoisotopic (exact) mass is 685 g/mol. The summed E-state index contributed by atoms with van der Waals surface area (Å²) in [5, 5.41) is 10.3. The van der Waals surface area contributed by atoms with Crippen molar-refractivity contribution in [3.8, 4) is 27.9 Å². The summed E-state index contributed by atoms with van der Waals surface area (Å²) in [6, 6.07) is 47.6. The summed E-state index contributed by atoms with van der Waals surface area (Å²) >= 11 is 1.85. The summed E-state index contributed by atoms with van der Waals surface area (Å²) in [5.41, 5.74) is 11.2. The van der Waals surface area contributed by atoms with Crippen LogP contribution in [0.1, 0.15) is 35.5 Å². The fraction of sp³-hybridized carbons (Fsp3) is 0.0800. The van der Waals surface area contributed by atoms with Gasteiger partial charge in [-0.15, -0.1) is 11.3 Å². The lowest BCUT2D eigenvalue weighted by Gasteiger charge is -2.15. The van der Waals surface area contributed by atoms with E-state index in [1.807, 2.05) is 23.5 Å². The SMILES string of the molecule is C=C/C=C\c1c(C)sc2ccc(-c3ccc4c5ccc(-c6cccc(-n7c(/C=C\C)c(CC)c8ccccc87)c6)cc5c5ccccc5c4c3)cc12. The molecule has 9 rings (SSSR count). The first-order chi connectivity index (χ1) is 25.6. The molecule has 0 radical (unpaired) electrons. The van der Waals surface area contributed by atoms with Crippen molar-refractivity contribution < 1.29 is 0 Å². The number of fused-ring (bicyclic) bond motifs is 8. The third-order valence-electron chi connectivity index (χ3n) is 10.6. The van der Waals surface area contributed by atoms with Crippen molar-refractivity contribution in [2.45, 2.75) is 27.2 Å². The van der Waals surface area contributed by atoms with E-state index in [4.69, 9.17) is 0 Å². The van der Waals surface area contributed by atoms with Gasteiger partial charge in [-0.05, 0) is 135 Å². The summed E-state index contributed by atoms with van der Waals surface area (Å²) in [4.78, 5) is 1.33. The number of hydrogen-bond acceptors (Lipinski definition) is 1. The maximum atomic E-state index is 3.88. The van der Waals surface area contributed by atoms with Gasteiger partial charge in [0.2, 0.25) is 0 Å². The van der Waals surface area contributed by atoms with E-state index in [2.05, 4.69) is 178 Å². The van der Waals surface area contributed by atoms with Crippen LogP contribution < -0.4 is 0 Å². The van der Waals surface area contributed by atoms with Gasteiger partial charge in [-0.2, -0.15) is 0 Å². The topological polar surface area (TPSA) is 4.93 Å². The van der Waals surface area contributed by atoms with Crippen molar-refractivity contribution in [3.05, 3.63) is 174 Å². The Kier molecular flexibility index (Phi) is 7.98. The van der Waals surface area contributed by atoms with Gasteiger partial charge in [0.15, 0.2) is 0 Å². The predicted octanol–water partition coefficient (Wildman–Crippen LogP) is 14.7. The molecule has 0 fully saturated rings. The molecule has 0 N–H and O–H groups in total. The van der Waals surface area contributed by atoms with E-state index < -0.39 is 0 Å². The number of rotatable bonds is 7. The van der Waals surface area contributed by atoms with Gasteiger partial charge in [0.1, 0.15) is 0 Å². The Hall–Kier alpha value is -5.96. The molecule has 7 aromatic carbocycles. The molecule has 2 aromatic heterocycles. The van der Waals surface area contributed by atoms with Gasteiger partial charge in [-0.3, -0.25) is 0 Å². The van der Waals surface area contributed by atoms with Crippen molar-refractivity contribution in [1.82, 2.24) is 4.57 Å². The van der Waals surface area contributed by atoms with Crippen LogP contribution in [0.2, 0.25) is 0 Å². The molecule has 0 bridgehead atoms. The van der Waals surface area contributed by atoms with Crippen molar-refractivity contribution >= 4 is 76.8 Å². The van der Waals surface area contributed by atoms with E-state index in [-0.39, 0.29) is 0 Å². The van der Waals surface area contributed by atoms with Crippen LogP contribution in [-0.2, 0) is 6.42 Å². The van der Waals surface area contributed by atoms with E-state index in [1.54, 1.807) is 0 Å². The molecule has 0 saturated carbocycles. The molecule has 2 heteroatoms. The first-order valence-corrected chi connectivity index (χ1v) is 19.0. The van der Waals surface area contributed by atoms with Gasteiger partial charge < -0.3 is 4.57 Å². The molecule has 2 heterocycles. The Balaban J connectivity index is 1.19. The van der Waals surface area contributed by atoms with E-state index in [1.165, 1.54) is 103 Å². The van der Waals surface area contributed by atoms with Crippen LogP contribution in [0.3, 0.4) is 0 Å². The standard InChI is InChI=1S/C50H39NS/c1-5-8-17-39-32(4)52-50-27-24-36(31-47(39)50)35-23-26-43-42-25-22-34(29-45(42)40-18-9-10-19-41(40)46(43)30-35)33-15-13-16-37(28-33)51-48(14-6-2)38(7-3)44-20-11-12-21-49(44)51/h5-6,8-31H,1,7H2,2-4H3/b14-6-,17-8-. The van der Waals surface area contributed by atoms with Gasteiger partial charge in [0.05, 0.1) is 5.52 Å². The molecule has 0 spiro atoms. The van der Waals surface area contributed by atoms with E-state index in [0.717, 1.165) is 6.42 Å². The largest absolute Gasteiger partial charge is 0.310 e. The summed E-state index contributed by atoms with van der Waals surface area (Å²) in [6.07, 6.45) is 11.4. The van der Waals surface area contributed by atoms with Gasteiger partial charge in [-0.25, -0.2) is 0 Å². The van der Waals surface area contributed by atoms with Crippen molar-refractivity contribution in [2.75, 3.05) is 0 Å². The minimum absolute atomic E-state index is 0.984. The summed E-state index contributed by atoms with van der Waals surface area (Å²) in [6.45, 7) is 10.4. The minimum atomic E-state index is 0.984. The highest BCUT2D eigenvalue weighted by atomic mass is 32.1. The van der Waals surface area contributed by atoms with Crippen molar-refractivity contribution in [3.63, 3.8) is 0 Å². The lowest BCUT2D eigenvalue weighted by atomic mass is 9.90. The number of nitrogens with zero attached hydrogens (tertiary/aromatic N) is 1. The lowest BCUT2D eigenvalue weighted by molar-refractivity contribution is 1.06. The molecular weight excluding hydrogens is 647 g/mol. The van der Waals surface area contributed by atoms with Crippen LogP contribution in [0, 0.1) is 6.92 Å². The molecule has 0 aliphatic heterocycles. The molecule has 0 aliphatic rings. The molecule has 0 atom stereocenters. The van der Waals surface area contributed by atoms with E-state index >= 15 is 0 Å². The number of aromatic nitrogens is 1. The molecule has 0 unspecified atom stereocenters. The van der Waals surface area contributed by atoms with Crippen LogP contribution in [0.4, 0.5) is 0 Å². The number of aryl methyl sites for hydroxylation is 2. The predicted molar refractivity (Wildman–Crippen MR) is 230 cm³/mol. The Morgan fingerprint density at radius 3 is 1.85 bits per heavy atom. The quantitative estimate of drug-likeness (QED) is 0.116. The molecule has 0 aliphatic carbocycles. The Morgan fingerprint density at radius 1 is 0.596 bits per heavy atom. The minimum Gasteiger partial charge on any atom is -0.310 e. The first kappa shape index (κ1) is 32.0. The van der Waals surface area contributed by atoms with Gasteiger partial charge in [0, 0.05) is 31.7 Å². The molecule has 250 valence electrons. The second kappa shape index (κ2) is 13.0. The molecule has 52 heavy (non-hydrogen) atoms. The zero-order chi connectivity index (χ0) is 35.3. The molecule has 0 amide bonds. The summed E-state index contributed by atoms with van der Waals surface area (Å²) in [5.74, 6) is 0. The van der Waals surface area contributed by atoms with Crippen molar-refractivity contribution in [2.24, 2.45) is 0 Å². The zero-order valence-corrected chi connectivity index (χ0v) is 30.6. The fourth-order valence-corrected chi connectivity index (χ4v) is 9.27. The molecular formula is C50H39NS. The highest BCUT2D eigenvalue weighted by Gasteiger charge is 2.17. The fourth-order valence-electron chi connectivity index (χ4n) is 8.24. The van der Waals surface area contributed by atoms with Crippen LogP contribution >= 0.6 is 11.3 Å². The van der Waals surface area contributed by atoms with Gasteiger partial charge in [0.25, 0.3) is 0 Å². The third-order valence-corrected chi connectivity index (χ3v) is 11.7. The van der Waals surface area contributed by atoms with Crippen LogP contribution in [0.5, 0.6) is 0 Å². The maximum Gasteiger partial charge on any atom is 0.0537 e. The molecule has 1 nitrogen and oxygen atoms in total. The smallest absolute Gasteiger partial charge is 0.0537 e. The molecule has 0 saturated heterocycles. The third kappa shape index (κ3) is 5.14. The van der Waals surface area contributed by atoms with Crippen LogP contribution in [0.15, 0.2) is 152 Å². The van der Waals surface area contributed by atoms with Gasteiger partial charge in [-0.1, -0.05) is 123 Å². The number of benzene rings is 7. The molecule has 9 aromatic rings. The summed E-state index contributed by atoms with van der Waals surface area (Å²) in [7, 11) is 0. The second-order valence-corrected chi connectivity index (χ2v) is 14.8. The lowest BCUT2D eigenvalue weighted by Crippen LogP contribution is -1.98. The van der Waals surface area contributed by atoms with E-state index in [0.29, 0.717) is 0 Å².